The number of carbonyl (C=O) groups is 2. The molecule has 1 aromatic carbocycles. The van der Waals surface area contributed by atoms with E-state index in [1.54, 1.807) is 16.5 Å². The van der Waals surface area contributed by atoms with Crippen molar-refractivity contribution in [3.8, 4) is 5.69 Å². The standard InChI is InChI=1S/C18H21N3O4/c1-4-14(16(17(22)23)18(24)25)20(5-2)15-11-12(3)19-21(15)13-9-7-6-8-10-13/h6-11H,4-5H2,1-3H3,(H,22,23)(H,24,25). The van der Waals surface area contributed by atoms with Gasteiger partial charge in [0.15, 0.2) is 5.57 Å². The molecular weight excluding hydrogens is 322 g/mol. The van der Waals surface area contributed by atoms with Crippen molar-refractivity contribution in [2.75, 3.05) is 11.4 Å². The summed E-state index contributed by atoms with van der Waals surface area (Å²) >= 11 is 0. The predicted molar refractivity (Wildman–Crippen MR) is 93.9 cm³/mol. The molecule has 132 valence electrons. The van der Waals surface area contributed by atoms with E-state index >= 15 is 0 Å². The minimum atomic E-state index is -1.45. The number of aryl methyl sites for hydroxylation is 1. The fraction of sp³-hybridized carbons (Fsp3) is 0.278. The Morgan fingerprint density at radius 2 is 1.72 bits per heavy atom. The number of allylic oxidation sites excluding steroid dienone is 1. The first-order valence-electron chi connectivity index (χ1n) is 8.00. The van der Waals surface area contributed by atoms with Gasteiger partial charge in [0.2, 0.25) is 0 Å². The zero-order valence-electron chi connectivity index (χ0n) is 14.4. The van der Waals surface area contributed by atoms with Crippen LogP contribution in [0.25, 0.3) is 5.69 Å². The minimum absolute atomic E-state index is 0.236. The zero-order valence-corrected chi connectivity index (χ0v) is 14.4. The average Bonchev–Trinajstić information content (AvgIpc) is 2.96. The second-order valence-electron chi connectivity index (χ2n) is 5.42. The molecule has 25 heavy (non-hydrogen) atoms. The third-order valence-corrected chi connectivity index (χ3v) is 3.78. The maximum atomic E-state index is 11.5. The van der Waals surface area contributed by atoms with Crippen LogP contribution in [0, 0.1) is 6.92 Å². The number of hydrogen-bond acceptors (Lipinski definition) is 4. The summed E-state index contributed by atoms with van der Waals surface area (Å²) in [6, 6.07) is 11.2. The van der Waals surface area contributed by atoms with E-state index in [2.05, 4.69) is 5.10 Å². The molecule has 0 aliphatic heterocycles. The van der Waals surface area contributed by atoms with E-state index in [1.807, 2.05) is 50.2 Å². The average molecular weight is 343 g/mol. The molecule has 0 atom stereocenters. The third kappa shape index (κ3) is 3.71. The monoisotopic (exact) mass is 343 g/mol. The van der Waals surface area contributed by atoms with Crippen molar-refractivity contribution in [1.29, 1.82) is 0 Å². The van der Waals surface area contributed by atoms with Crippen molar-refractivity contribution < 1.29 is 19.8 Å². The maximum Gasteiger partial charge on any atom is 0.344 e. The second kappa shape index (κ2) is 7.65. The molecule has 0 radical (unpaired) electrons. The molecule has 0 saturated heterocycles. The molecule has 0 amide bonds. The summed E-state index contributed by atoms with van der Waals surface area (Å²) in [5.41, 5.74) is 1.18. The van der Waals surface area contributed by atoms with Gasteiger partial charge >= 0.3 is 11.9 Å². The molecule has 2 N–H and O–H groups in total. The Morgan fingerprint density at radius 1 is 1.12 bits per heavy atom. The lowest BCUT2D eigenvalue weighted by atomic mass is 10.1. The van der Waals surface area contributed by atoms with E-state index < -0.39 is 17.5 Å². The Hall–Kier alpha value is -3.09. The highest BCUT2D eigenvalue weighted by atomic mass is 16.4. The van der Waals surface area contributed by atoms with Crippen molar-refractivity contribution in [3.05, 3.63) is 53.4 Å². The van der Waals surface area contributed by atoms with Crippen LogP contribution in [0.5, 0.6) is 0 Å². The third-order valence-electron chi connectivity index (χ3n) is 3.78. The van der Waals surface area contributed by atoms with Crippen LogP contribution in [0.3, 0.4) is 0 Å². The zero-order chi connectivity index (χ0) is 18.6. The first kappa shape index (κ1) is 18.3. The smallest absolute Gasteiger partial charge is 0.344 e. The number of anilines is 1. The SMILES string of the molecule is CCC(=C(C(=O)O)C(=O)O)N(CC)c1cc(C)nn1-c1ccccc1. The van der Waals surface area contributed by atoms with Gasteiger partial charge in [-0.2, -0.15) is 5.10 Å². The number of aliphatic carboxylic acids is 2. The molecule has 0 aliphatic carbocycles. The van der Waals surface area contributed by atoms with Crippen molar-refractivity contribution in [1.82, 2.24) is 9.78 Å². The number of nitrogens with zero attached hydrogens (tertiary/aromatic N) is 3. The molecule has 0 spiro atoms. The lowest BCUT2D eigenvalue weighted by Gasteiger charge is -2.27. The molecule has 0 saturated carbocycles. The second-order valence-corrected chi connectivity index (χ2v) is 5.42. The van der Waals surface area contributed by atoms with Crippen LogP contribution in [-0.4, -0.2) is 38.5 Å². The Balaban J connectivity index is 2.68. The number of aromatic nitrogens is 2. The molecule has 0 unspecified atom stereocenters. The Labute approximate surface area is 145 Å². The fourth-order valence-electron chi connectivity index (χ4n) is 2.77. The van der Waals surface area contributed by atoms with Crippen LogP contribution in [0.15, 0.2) is 47.7 Å². The maximum absolute atomic E-state index is 11.5. The number of carboxylic acid groups (broad SMARTS) is 2. The number of benzene rings is 1. The summed E-state index contributed by atoms with van der Waals surface area (Å²) in [7, 11) is 0. The lowest BCUT2D eigenvalue weighted by Crippen LogP contribution is -2.29. The molecule has 0 aliphatic rings. The summed E-state index contributed by atoms with van der Waals surface area (Å²) in [5, 5.41) is 23.2. The van der Waals surface area contributed by atoms with Gasteiger partial charge in [0.05, 0.1) is 11.4 Å². The number of rotatable bonds is 7. The molecule has 2 aromatic rings. The van der Waals surface area contributed by atoms with Crippen LogP contribution in [0.1, 0.15) is 26.0 Å². The quantitative estimate of drug-likeness (QED) is 0.456. The van der Waals surface area contributed by atoms with Crippen LogP contribution in [0.4, 0.5) is 5.82 Å². The highest BCUT2D eigenvalue weighted by molar-refractivity contribution is 6.13. The Kier molecular flexibility index (Phi) is 5.59. The summed E-state index contributed by atoms with van der Waals surface area (Å²) in [4.78, 5) is 24.6. The molecule has 0 bridgehead atoms. The molecule has 7 heteroatoms. The van der Waals surface area contributed by atoms with Gasteiger partial charge < -0.3 is 15.1 Å². The van der Waals surface area contributed by atoms with Crippen molar-refractivity contribution in [2.24, 2.45) is 0 Å². The summed E-state index contributed by atoms with van der Waals surface area (Å²) in [6.07, 6.45) is 0.265. The molecule has 1 heterocycles. The topological polar surface area (TPSA) is 95.7 Å². The van der Waals surface area contributed by atoms with E-state index in [0.717, 1.165) is 11.4 Å². The largest absolute Gasteiger partial charge is 0.477 e. The van der Waals surface area contributed by atoms with E-state index in [-0.39, 0.29) is 12.1 Å². The van der Waals surface area contributed by atoms with Gasteiger partial charge in [-0.05, 0) is 32.4 Å². The van der Waals surface area contributed by atoms with E-state index in [0.29, 0.717) is 12.4 Å². The summed E-state index contributed by atoms with van der Waals surface area (Å²) in [5.74, 6) is -2.28. The van der Waals surface area contributed by atoms with Gasteiger partial charge in [0, 0.05) is 18.3 Å². The first-order valence-corrected chi connectivity index (χ1v) is 8.00. The molecule has 1 aromatic heterocycles. The molecular formula is C18H21N3O4. The number of hydrogen-bond donors (Lipinski definition) is 2. The lowest BCUT2D eigenvalue weighted by molar-refractivity contribution is -0.140. The normalized spacial score (nSPS) is 10.4. The van der Waals surface area contributed by atoms with Gasteiger partial charge in [-0.15, -0.1) is 0 Å². The van der Waals surface area contributed by atoms with Gasteiger partial charge in [0.25, 0.3) is 0 Å². The van der Waals surface area contributed by atoms with Gasteiger partial charge in [0.1, 0.15) is 5.82 Å². The molecule has 2 rings (SSSR count). The molecule has 0 fully saturated rings. The van der Waals surface area contributed by atoms with Crippen LogP contribution < -0.4 is 4.90 Å². The van der Waals surface area contributed by atoms with Crippen molar-refractivity contribution in [3.63, 3.8) is 0 Å². The minimum Gasteiger partial charge on any atom is -0.477 e. The van der Waals surface area contributed by atoms with Gasteiger partial charge in [-0.3, -0.25) is 0 Å². The molecule has 7 nitrogen and oxygen atoms in total. The number of para-hydroxylation sites is 1. The Bertz CT molecular complexity index is 793. The predicted octanol–water partition coefficient (Wildman–Crippen LogP) is 2.84. The van der Waals surface area contributed by atoms with Crippen molar-refractivity contribution in [2.45, 2.75) is 27.2 Å². The van der Waals surface area contributed by atoms with E-state index in [1.165, 1.54) is 0 Å². The van der Waals surface area contributed by atoms with Crippen molar-refractivity contribution >= 4 is 17.8 Å². The highest BCUT2D eigenvalue weighted by Gasteiger charge is 2.27. The van der Waals surface area contributed by atoms with Crippen LogP contribution >= 0.6 is 0 Å². The van der Waals surface area contributed by atoms with Gasteiger partial charge in [-0.1, -0.05) is 25.1 Å². The van der Waals surface area contributed by atoms with E-state index in [9.17, 15) is 19.8 Å². The van der Waals surface area contributed by atoms with Crippen LogP contribution in [-0.2, 0) is 9.59 Å². The fourth-order valence-corrected chi connectivity index (χ4v) is 2.77. The summed E-state index contributed by atoms with van der Waals surface area (Å²) < 4.78 is 1.69. The number of carboxylic acids is 2. The Morgan fingerprint density at radius 3 is 2.20 bits per heavy atom. The van der Waals surface area contributed by atoms with Crippen LogP contribution in [0.2, 0.25) is 0 Å². The highest BCUT2D eigenvalue weighted by Crippen LogP contribution is 2.27. The van der Waals surface area contributed by atoms with Gasteiger partial charge in [-0.25, -0.2) is 14.3 Å². The first-order chi connectivity index (χ1) is 11.9. The van der Waals surface area contributed by atoms with E-state index in [4.69, 9.17) is 0 Å². The summed E-state index contributed by atoms with van der Waals surface area (Å²) in [6.45, 7) is 5.82.